The molecule has 0 radical (unpaired) electrons. The number of urea groups is 1. The third-order valence-corrected chi connectivity index (χ3v) is 11.2. The largest absolute Gasteiger partial charge is 0.493 e. The van der Waals surface area contributed by atoms with Crippen LogP contribution in [0.4, 0.5) is 9.59 Å². The number of benzene rings is 4. The van der Waals surface area contributed by atoms with Crippen LogP contribution < -0.4 is 15.4 Å². The van der Waals surface area contributed by atoms with Crippen LogP contribution in [0, 0.1) is 11.8 Å². The summed E-state index contributed by atoms with van der Waals surface area (Å²) in [5.74, 6) is 0.507. The molecule has 6 rings (SSSR count). The Morgan fingerprint density at radius 3 is 2.24 bits per heavy atom. The van der Waals surface area contributed by atoms with E-state index in [9.17, 15) is 14.4 Å². The second kappa shape index (κ2) is 20.5. The first-order valence-electron chi connectivity index (χ1n) is 21.7. The number of amides is 5. The Bertz CT molecular complexity index is 2130. The topological polar surface area (TPSA) is 139 Å². The maximum absolute atomic E-state index is 15.2. The van der Waals surface area contributed by atoms with Crippen LogP contribution in [0.5, 0.6) is 5.75 Å². The van der Waals surface area contributed by atoms with Crippen LogP contribution in [-0.4, -0.2) is 95.7 Å². The Hall–Kier alpha value is -5.66. The first-order valence-corrected chi connectivity index (χ1v) is 21.7. The van der Waals surface area contributed by atoms with E-state index in [1.165, 1.54) is 7.05 Å². The second-order valence-corrected chi connectivity index (χ2v) is 17.7. The molecule has 13 heteroatoms. The molecule has 0 heterocycles. The lowest BCUT2D eigenvalue weighted by Crippen LogP contribution is -2.57. The molecule has 332 valence electrons. The lowest BCUT2D eigenvalue weighted by Gasteiger charge is -2.36. The van der Waals surface area contributed by atoms with Gasteiger partial charge >= 0.3 is 12.1 Å². The van der Waals surface area contributed by atoms with Gasteiger partial charge in [0.2, 0.25) is 11.8 Å². The van der Waals surface area contributed by atoms with Gasteiger partial charge in [0.05, 0.1) is 18.8 Å². The minimum atomic E-state index is -1.10. The highest BCUT2D eigenvalue weighted by Gasteiger charge is 2.63. The lowest BCUT2D eigenvalue weighted by atomic mass is 9.96. The van der Waals surface area contributed by atoms with Gasteiger partial charge in [0.15, 0.2) is 6.29 Å². The molecule has 2 saturated carbocycles. The van der Waals surface area contributed by atoms with Crippen molar-refractivity contribution in [1.29, 1.82) is 0 Å². The van der Waals surface area contributed by atoms with Crippen molar-refractivity contribution in [3.63, 3.8) is 0 Å². The Kier molecular flexibility index (Phi) is 15.1. The highest BCUT2D eigenvalue weighted by Crippen LogP contribution is 2.62. The van der Waals surface area contributed by atoms with E-state index in [1.807, 2.05) is 104 Å². The van der Waals surface area contributed by atoms with E-state index in [2.05, 4.69) is 24.5 Å². The van der Waals surface area contributed by atoms with Gasteiger partial charge in [-0.15, -0.1) is 0 Å². The highest BCUT2D eigenvalue weighted by atomic mass is 16.7. The van der Waals surface area contributed by atoms with Gasteiger partial charge in [-0.2, -0.15) is 0 Å². The average molecular weight is 850 g/mol. The molecule has 0 aliphatic heterocycles. The van der Waals surface area contributed by atoms with Crippen molar-refractivity contribution in [3.05, 3.63) is 114 Å². The fourth-order valence-electron chi connectivity index (χ4n) is 7.68. The van der Waals surface area contributed by atoms with Gasteiger partial charge in [-0.3, -0.25) is 9.59 Å². The third-order valence-electron chi connectivity index (χ3n) is 11.2. The van der Waals surface area contributed by atoms with E-state index in [0.29, 0.717) is 30.8 Å². The molecule has 4 aromatic rings. The summed E-state index contributed by atoms with van der Waals surface area (Å²) < 4.78 is 24.4. The van der Waals surface area contributed by atoms with Crippen molar-refractivity contribution < 1.29 is 38.1 Å². The first kappa shape index (κ1) is 45.9. The van der Waals surface area contributed by atoms with Crippen molar-refractivity contribution in [2.24, 2.45) is 11.8 Å². The molecule has 0 aromatic heterocycles. The Morgan fingerprint density at radius 1 is 0.887 bits per heavy atom. The molecule has 2 aliphatic rings. The Labute approximate surface area is 366 Å². The number of hydrogen-bond donors (Lipinski definition) is 2. The van der Waals surface area contributed by atoms with Crippen molar-refractivity contribution in [3.8, 4) is 5.75 Å². The monoisotopic (exact) mass is 849 g/mol. The number of carbonyl (C=O) groups is 4. The number of hydrazine groups is 1. The summed E-state index contributed by atoms with van der Waals surface area (Å²) >= 11 is 0. The van der Waals surface area contributed by atoms with Crippen LogP contribution in [-0.2, 0) is 43.3 Å². The number of hydrogen-bond acceptors (Lipinski definition) is 8. The summed E-state index contributed by atoms with van der Waals surface area (Å²) in [5, 5.41) is 9.74. The van der Waals surface area contributed by atoms with Crippen molar-refractivity contribution in [1.82, 2.24) is 25.6 Å². The molecule has 2 fully saturated rings. The Balaban J connectivity index is 1.29. The number of nitrogens with zero attached hydrogens (tertiary/aromatic N) is 3. The molecule has 13 nitrogen and oxygen atoms in total. The number of nitrogens with one attached hydrogen (secondary N) is 2. The summed E-state index contributed by atoms with van der Waals surface area (Å²) in [4.78, 5) is 58.4. The molecular formula is C49H63N5O8. The zero-order valence-corrected chi connectivity index (χ0v) is 37.2. The maximum atomic E-state index is 15.2. The minimum absolute atomic E-state index is 0.118. The normalized spacial score (nSPS) is 17.5. The molecule has 3 unspecified atom stereocenters. The van der Waals surface area contributed by atoms with Crippen LogP contribution in [0.2, 0.25) is 0 Å². The summed E-state index contributed by atoms with van der Waals surface area (Å²) in [5.41, 5.74) is 1.42. The highest BCUT2D eigenvalue weighted by molar-refractivity contribution is 5.91. The molecule has 2 aliphatic carbocycles. The molecule has 0 bridgehead atoms. The fraction of sp³-hybridized carbons (Fsp3) is 0.469. The van der Waals surface area contributed by atoms with Gasteiger partial charge in [0.1, 0.15) is 23.9 Å². The summed E-state index contributed by atoms with van der Waals surface area (Å²) in [6, 6.07) is 29.1. The van der Waals surface area contributed by atoms with Crippen LogP contribution in [0.1, 0.15) is 77.5 Å². The average Bonchev–Trinajstić information content (AvgIpc) is 3.76. The summed E-state index contributed by atoms with van der Waals surface area (Å²) in [6.45, 7) is 12.0. The van der Waals surface area contributed by atoms with Gasteiger partial charge in [-0.05, 0) is 98.4 Å². The van der Waals surface area contributed by atoms with Crippen molar-refractivity contribution in [2.45, 2.75) is 104 Å². The number of rotatable bonds is 19. The third kappa shape index (κ3) is 12.5. The van der Waals surface area contributed by atoms with E-state index in [1.54, 1.807) is 25.7 Å². The summed E-state index contributed by atoms with van der Waals surface area (Å²) in [6.07, 6.45) is 1.58. The standard InChI is InChI=1S/C49H63N5O8/c1-8-59-44(61-49-26-25-39(49)28-49)32-53(30-38-19-14-18-37-17-12-13-20-41(37)38)45(56)42(27-35-21-23-40(24-22-35)60-33-34(2)3)51-43(55)31-54(47(58)62-48(4,5)6)52(7)46(57)50-29-36-15-10-9-11-16-36/h9-24,34,39,42,44H,8,25-33H2,1-7H3,(H,50,57)(H,51,55)/t39?,42-,44?,49?/m0/s1. The fourth-order valence-corrected chi connectivity index (χ4v) is 7.68. The van der Waals surface area contributed by atoms with Gasteiger partial charge in [0.25, 0.3) is 0 Å². The smallest absolute Gasteiger partial charge is 0.429 e. The quantitative estimate of drug-likeness (QED) is 0.0719. The number of ether oxygens (including phenoxy) is 4. The van der Waals surface area contributed by atoms with E-state index in [4.69, 9.17) is 18.9 Å². The van der Waals surface area contributed by atoms with E-state index < -0.39 is 42.5 Å². The van der Waals surface area contributed by atoms with Crippen molar-refractivity contribution >= 4 is 34.7 Å². The molecule has 4 aromatic carbocycles. The first-order chi connectivity index (χ1) is 29.6. The SMILES string of the molecule is CCOC(CN(Cc1cccc2ccccc12)C(=O)[C@H](Cc1ccc(OCC(C)C)cc1)NC(=O)CN(C(=O)OC(C)(C)C)N(C)C(=O)NCc1ccccc1)OC12CCC1C2. The molecule has 2 N–H and O–H groups in total. The van der Waals surface area contributed by atoms with E-state index in [-0.39, 0.29) is 37.6 Å². The number of fused-ring (bicyclic) bond motifs is 2. The predicted molar refractivity (Wildman–Crippen MR) is 238 cm³/mol. The second-order valence-electron chi connectivity index (χ2n) is 17.7. The zero-order valence-electron chi connectivity index (χ0n) is 37.2. The predicted octanol–water partition coefficient (Wildman–Crippen LogP) is 7.86. The zero-order chi connectivity index (χ0) is 44.4. The lowest BCUT2D eigenvalue weighted by molar-refractivity contribution is -0.205. The van der Waals surface area contributed by atoms with Gasteiger partial charge in [-0.1, -0.05) is 98.8 Å². The van der Waals surface area contributed by atoms with Crippen LogP contribution in [0.3, 0.4) is 0 Å². The molecule has 4 atom stereocenters. The van der Waals surface area contributed by atoms with Gasteiger partial charge in [-0.25, -0.2) is 19.6 Å². The van der Waals surface area contributed by atoms with Gasteiger partial charge in [0, 0.05) is 33.2 Å². The molecule has 0 saturated heterocycles. The van der Waals surface area contributed by atoms with E-state index in [0.717, 1.165) is 56.7 Å². The molecule has 0 spiro atoms. The molecular weight excluding hydrogens is 787 g/mol. The Morgan fingerprint density at radius 2 is 1.60 bits per heavy atom. The number of carbonyl (C=O) groups excluding carboxylic acids is 4. The van der Waals surface area contributed by atoms with Crippen LogP contribution in [0.15, 0.2) is 97.1 Å². The van der Waals surface area contributed by atoms with Crippen molar-refractivity contribution in [2.75, 3.05) is 33.4 Å². The molecule has 62 heavy (non-hydrogen) atoms. The van der Waals surface area contributed by atoms with Crippen LogP contribution >= 0.6 is 0 Å². The summed E-state index contributed by atoms with van der Waals surface area (Å²) in [7, 11) is 1.38. The van der Waals surface area contributed by atoms with Gasteiger partial charge < -0.3 is 34.5 Å². The van der Waals surface area contributed by atoms with Crippen LogP contribution in [0.25, 0.3) is 10.8 Å². The van der Waals surface area contributed by atoms with E-state index >= 15 is 4.79 Å². The molecule has 5 amide bonds. The minimum Gasteiger partial charge on any atom is -0.493 e. The maximum Gasteiger partial charge on any atom is 0.429 e.